The zero-order valence-electron chi connectivity index (χ0n) is 10.9. The van der Waals surface area contributed by atoms with E-state index < -0.39 is 0 Å². The van der Waals surface area contributed by atoms with E-state index in [1.54, 1.807) is 0 Å². The van der Waals surface area contributed by atoms with Gasteiger partial charge in [-0.1, -0.05) is 0 Å². The van der Waals surface area contributed by atoms with Crippen LogP contribution in [0.4, 0.5) is 4.79 Å². The summed E-state index contributed by atoms with van der Waals surface area (Å²) in [5, 5.41) is 3.38. The minimum Gasteiger partial charge on any atom is -0.444 e. The highest BCUT2D eigenvalue weighted by molar-refractivity contribution is 5.85. The van der Waals surface area contributed by atoms with Crippen molar-refractivity contribution in [2.75, 3.05) is 26.2 Å². The van der Waals surface area contributed by atoms with Crippen LogP contribution in [0.5, 0.6) is 0 Å². The molecule has 2 aliphatic heterocycles. The number of halogens is 1. The van der Waals surface area contributed by atoms with Crippen LogP contribution in [-0.4, -0.2) is 42.8 Å². The molecule has 0 saturated carbocycles. The van der Waals surface area contributed by atoms with E-state index in [1.807, 2.05) is 25.7 Å². The highest BCUT2D eigenvalue weighted by Crippen LogP contribution is 2.36. The van der Waals surface area contributed by atoms with E-state index in [-0.39, 0.29) is 24.1 Å². The average molecular weight is 263 g/mol. The zero-order chi connectivity index (χ0) is 11.8. The summed E-state index contributed by atoms with van der Waals surface area (Å²) in [6.45, 7) is 9.57. The van der Waals surface area contributed by atoms with Crippen molar-refractivity contribution < 1.29 is 9.53 Å². The number of carbonyl (C=O) groups excluding carboxylic acids is 1. The molecule has 1 atom stereocenters. The number of amides is 1. The molecule has 2 aliphatic rings. The first-order valence-corrected chi connectivity index (χ1v) is 6.09. The monoisotopic (exact) mass is 262 g/mol. The standard InChI is InChI=1S/C12H22N2O2.ClH/c1-11(2,3)16-10(15)14-7-5-12(9-14)4-6-13-8-12;/h13H,4-9H2,1-3H3;1H. The van der Waals surface area contributed by atoms with E-state index in [9.17, 15) is 4.79 Å². The first kappa shape index (κ1) is 14.6. The van der Waals surface area contributed by atoms with Gasteiger partial charge in [-0.2, -0.15) is 0 Å². The Morgan fingerprint density at radius 3 is 2.59 bits per heavy atom. The topological polar surface area (TPSA) is 41.6 Å². The molecule has 0 aromatic heterocycles. The van der Waals surface area contributed by atoms with Crippen LogP contribution in [0.3, 0.4) is 0 Å². The van der Waals surface area contributed by atoms with Gasteiger partial charge >= 0.3 is 6.09 Å². The highest BCUT2D eigenvalue weighted by atomic mass is 35.5. The summed E-state index contributed by atoms with van der Waals surface area (Å²) in [6, 6.07) is 0. The van der Waals surface area contributed by atoms with Gasteiger partial charge in [0.05, 0.1) is 0 Å². The molecule has 2 saturated heterocycles. The predicted molar refractivity (Wildman–Crippen MR) is 69.6 cm³/mol. The van der Waals surface area contributed by atoms with E-state index in [4.69, 9.17) is 4.74 Å². The number of likely N-dealkylation sites (tertiary alicyclic amines) is 1. The first-order valence-electron chi connectivity index (χ1n) is 6.09. The summed E-state index contributed by atoms with van der Waals surface area (Å²) < 4.78 is 5.39. The molecule has 1 N–H and O–H groups in total. The van der Waals surface area contributed by atoms with Crippen molar-refractivity contribution in [2.24, 2.45) is 5.41 Å². The Kier molecular flexibility index (Phi) is 4.31. The Labute approximate surface area is 109 Å². The normalized spacial score (nSPS) is 28.3. The molecule has 0 aromatic carbocycles. The van der Waals surface area contributed by atoms with Gasteiger partial charge in [-0.25, -0.2) is 4.79 Å². The van der Waals surface area contributed by atoms with E-state index in [0.717, 1.165) is 32.6 Å². The fourth-order valence-corrected chi connectivity index (χ4v) is 2.56. The molecule has 2 heterocycles. The van der Waals surface area contributed by atoms with Gasteiger partial charge in [-0.05, 0) is 40.2 Å². The Balaban J connectivity index is 0.00000144. The molecule has 0 aliphatic carbocycles. The smallest absolute Gasteiger partial charge is 0.410 e. The van der Waals surface area contributed by atoms with Crippen molar-refractivity contribution in [1.82, 2.24) is 10.2 Å². The summed E-state index contributed by atoms with van der Waals surface area (Å²) in [5.74, 6) is 0. The first-order chi connectivity index (χ1) is 7.40. The molecule has 100 valence electrons. The molecule has 1 unspecified atom stereocenters. The molecular weight excluding hydrogens is 240 g/mol. The van der Waals surface area contributed by atoms with Gasteiger partial charge in [-0.15, -0.1) is 12.4 Å². The van der Waals surface area contributed by atoms with Gasteiger partial charge in [0.15, 0.2) is 0 Å². The molecule has 0 radical (unpaired) electrons. The SMILES string of the molecule is CC(C)(C)OC(=O)N1CCC2(CCNC2)C1.Cl. The third kappa shape index (κ3) is 3.49. The van der Waals surface area contributed by atoms with Crippen molar-refractivity contribution in [3.05, 3.63) is 0 Å². The van der Waals surface area contributed by atoms with Crippen LogP contribution in [-0.2, 0) is 4.74 Å². The second-order valence-corrected chi connectivity index (χ2v) is 6.08. The minimum absolute atomic E-state index is 0. The summed E-state index contributed by atoms with van der Waals surface area (Å²) in [4.78, 5) is 13.7. The molecular formula is C12H23ClN2O2. The zero-order valence-corrected chi connectivity index (χ0v) is 11.7. The van der Waals surface area contributed by atoms with Crippen molar-refractivity contribution >= 4 is 18.5 Å². The van der Waals surface area contributed by atoms with Gasteiger partial charge < -0.3 is 15.0 Å². The van der Waals surface area contributed by atoms with Crippen molar-refractivity contribution in [2.45, 2.75) is 39.2 Å². The summed E-state index contributed by atoms with van der Waals surface area (Å²) >= 11 is 0. The lowest BCUT2D eigenvalue weighted by Crippen LogP contribution is -2.37. The van der Waals surface area contributed by atoms with Gasteiger partial charge in [-0.3, -0.25) is 0 Å². The fraction of sp³-hybridized carbons (Fsp3) is 0.917. The summed E-state index contributed by atoms with van der Waals surface area (Å²) in [7, 11) is 0. The molecule has 2 fully saturated rings. The van der Waals surface area contributed by atoms with Crippen LogP contribution >= 0.6 is 12.4 Å². The Morgan fingerprint density at radius 2 is 2.06 bits per heavy atom. The Hall–Kier alpha value is -0.480. The Bertz CT molecular complexity index is 283. The van der Waals surface area contributed by atoms with Crippen molar-refractivity contribution in [3.63, 3.8) is 0 Å². The maximum absolute atomic E-state index is 11.9. The highest BCUT2D eigenvalue weighted by Gasteiger charge is 2.42. The second kappa shape index (κ2) is 5.02. The van der Waals surface area contributed by atoms with Crippen LogP contribution in [0.1, 0.15) is 33.6 Å². The van der Waals surface area contributed by atoms with E-state index >= 15 is 0 Å². The molecule has 4 nitrogen and oxygen atoms in total. The van der Waals surface area contributed by atoms with Crippen LogP contribution in [0.2, 0.25) is 0 Å². The minimum atomic E-state index is -0.388. The number of carbonyl (C=O) groups is 1. The van der Waals surface area contributed by atoms with E-state index in [0.29, 0.717) is 5.41 Å². The van der Waals surface area contributed by atoms with Gasteiger partial charge in [0, 0.05) is 25.0 Å². The van der Waals surface area contributed by atoms with Crippen molar-refractivity contribution in [1.29, 1.82) is 0 Å². The Morgan fingerprint density at radius 1 is 1.35 bits per heavy atom. The molecule has 0 aromatic rings. The predicted octanol–water partition coefficient (Wildman–Crippen LogP) is 2.03. The lowest BCUT2D eigenvalue weighted by atomic mass is 9.87. The number of ether oxygens (including phenoxy) is 1. The molecule has 5 heteroatoms. The molecule has 1 amide bonds. The van der Waals surface area contributed by atoms with E-state index in [2.05, 4.69) is 5.32 Å². The molecule has 2 rings (SSSR count). The van der Waals surface area contributed by atoms with Crippen LogP contribution in [0, 0.1) is 5.41 Å². The molecule has 17 heavy (non-hydrogen) atoms. The molecule has 1 spiro atoms. The summed E-state index contributed by atoms with van der Waals surface area (Å²) in [6.07, 6.45) is 2.14. The van der Waals surface area contributed by atoms with Crippen LogP contribution < -0.4 is 5.32 Å². The second-order valence-electron chi connectivity index (χ2n) is 6.08. The third-order valence-corrected chi connectivity index (χ3v) is 3.42. The van der Waals surface area contributed by atoms with Crippen molar-refractivity contribution in [3.8, 4) is 0 Å². The number of nitrogens with zero attached hydrogens (tertiary/aromatic N) is 1. The summed E-state index contributed by atoms with van der Waals surface area (Å²) in [5.41, 5.74) is -0.0579. The quantitative estimate of drug-likeness (QED) is 0.726. The van der Waals surface area contributed by atoms with Gasteiger partial charge in [0.1, 0.15) is 5.60 Å². The fourth-order valence-electron chi connectivity index (χ4n) is 2.56. The average Bonchev–Trinajstić information content (AvgIpc) is 2.74. The number of hydrogen-bond donors (Lipinski definition) is 1. The van der Waals surface area contributed by atoms with Gasteiger partial charge in [0.25, 0.3) is 0 Å². The lowest BCUT2D eigenvalue weighted by Gasteiger charge is -2.26. The third-order valence-electron chi connectivity index (χ3n) is 3.42. The lowest BCUT2D eigenvalue weighted by molar-refractivity contribution is 0.0276. The van der Waals surface area contributed by atoms with E-state index in [1.165, 1.54) is 6.42 Å². The van der Waals surface area contributed by atoms with Crippen LogP contribution in [0.25, 0.3) is 0 Å². The van der Waals surface area contributed by atoms with Gasteiger partial charge in [0.2, 0.25) is 0 Å². The molecule has 0 bridgehead atoms. The maximum atomic E-state index is 11.9. The number of hydrogen-bond acceptors (Lipinski definition) is 3. The van der Waals surface area contributed by atoms with Crippen LogP contribution in [0.15, 0.2) is 0 Å². The number of nitrogens with one attached hydrogen (secondary N) is 1. The maximum Gasteiger partial charge on any atom is 0.410 e. The number of rotatable bonds is 0. The largest absolute Gasteiger partial charge is 0.444 e.